The normalized spacial score (nSPS) is 42.6. The summed E-state index contributed by atoms with van der Waals surface area (Å²) in [6, 6.07) is 0. The van der Waals surface area contributed by atoms with E-state index in [-0.39, 0.29) is 28.6 Å². The summed E-state index contributed by atoms with van der Waals surface area (Å²) in [6.07, 6.45) is 10.1. The molecule has 34 heavy (non-hydrogen) atoms. The molecule has 4 rings (SSSR count). The highest BCUT2D eigenvalue weighted by molar-refractivity contribution is 5.90. The minimum absolute atomic E-state index is 0.0462. The number of alkyl carbamates (subject to hydrolysis) is 2. The fraction of sp³-hybridized carbons (Fsp3) is 0.821. The fourth-order valence-corrected chi connectivity index (χ4v) is 8.16. The number of allylic oxidation sites excluding steroid dienone is 1. The highest BCUT2D eigenvalue weighted by Gasteiger charge is 2.65. The molecule has 190 valence electrons. The molecule has 0 spiro atoms. The van der Waals surface area contributed by atoms with Gasteiger partial charge in [0.1, 0.15) is 18.0 Å². The van der Waals surface area contributed by atoms with Gasteiger partial charge >= 0.3 is 12.2 Å². The first-order valence-corrected chi connectivity index (χ1v) is 13.4. The molecule has 6 nitrogen and oxygen atoms in total. The van der Waals surface area contributed by atoms with E-state index < -0.39 is 23.7 Å². The molecule has 0 radical (unpaired) electrons. The lowest BCUT2D eigenvalue weighted by atomic mass is 9.44. The van der Waals surface area contributed by atoms with Gasteiger partial charge in [0.05, 0.1) is 0 Å². The second-order valence-corrected chi connectivity index (χ2v) is 12.1. The summed E-state index contributed by atoms with van der Waals surface area (Å²) >= 11 is 0. The molecule has 4 saturated carbocycles. The van der Waals surface area contributed by atoms with Crippen molar-refractivity contribution in [1.82, 2.24) is 5.32 Å². The number of ether oxygens (including phenoxy) is 2. The van der Waals surface area contributed by atoms with Gasteiger partial charge in [0.25, 0.3) is 0 Å². The summed E-state index contributed by atoms with van der Waals surface area (Å²) in [5.41, 5.74) is -1.12. The Morgan fingerprint density at radius 2 is 1.65 bits per heavy atom. The van der Waals surface area contributed by atoms with E-state index in [0.717, 1.165) is 64.2 Å². The summed E-state index contributed by atoms with van der Waals surface area (Å²) < 4.78 is 11.5. The van der Waals surface area contributed by atoms with Crippen molar-refractivity contribution in [3.8, 4) is 0 Å². The largest absolute Gasteiger partial charge is 0.446 e. The third-order valence-electron chi connectivity index (χ3n) is 10.5. The number of nitrogens with one attached hydrogen (secondary N) is 1. The van der Waals surface area contributed by atoms with Crippen LogP contribution in [0.25, 0.3) is 0 Å². The lowest BCUT2D eigenvalue weighted by Gasteiger charge is -2.61. The number of Topliss-reactive ketones (excluding diaryl/α,β-unsaturated/α-hetero) is 1. The van der Waals surface area contributed by atoms with Crippen LogP contribution in [0.1, 0.15) is 98.3 Å². The van der Waals surface area contributed by atoms with Gasteiger partial charge in [-0.15, -0.1) is 6.58 Å². The Morgan fingerprint density at radius 1 is 0.971 bits per heavy atom. The Kier molecular flexibility index (Phi) is 6.91. The second-order valence-electron chi connectivity index (χ2n) is 12.1. The summed E-state index contributed by atoms with van der Waals surface area (Å²) in [5, 5.41) is 2.31. The highest BCUT2D eigenvalue weighted by atomic mass is 16.6. The third-order valence-corrected chi connectivity index (χ3v) is 10.5. The van der Waals surface area contributed by atoms with E-state index in [1.165, 1.54) is 0 Å². The molecule has 0 saturated heterocycles. The first kappa shape index (κ1) is 25.2. The molecular weight excluding hydrogens is 430 g/mol. The smallest absolute Gasteiger partial charge is 0.416 e. The van der Waals surface area contributed by atoms with Crippen molar-refractivity contribution in [2.24, 2.45) is 34.0 Å². The van der Waals surface area contributed by atoms with E-state index in [1.807, 2.05) is 6.92 Å². The zero-order valence-electron chi connectivity index (χ0n) is 21.5. The molecule has 2 bridgehead atoms. The molecule has 7 atom stereocenters. The second kappa shape index (κ2) is 9.31. The highest BCUT2D eigenvalue weighted by Crippen LogP contribution is 2.68. The molecule has 2 amide bonds. The van der Waals surface area contributed by atoms with Crippen LogP contribution >= 0.6 is 0 Å². The van der Waals surface area contributed by atoms with Gasteiger partial charge in [-0.1, -0.05) is 39.7 Å². The van der Waals surface area contributed by atoms with Crippen molar-refractivity contribution >= 4 is 18.0 Å². The predicted octanol–water partition coefficient (Wildman–Crippen LogP) is 6.57. The monoisotopic (exact) mass is 473 g/mol. The van der Waals surface area contributed by atoms with Crippen LogP contribution in [0.3, 0.4) is 0 Å². The van der Waals surface area contributed by atoms with E-state index in [2.05, 4.69) is 32.7 Å². The number of carbonyl (C=O) groups excluding carboxylic acids is 3. The van der Waals surface area contributed by atoms with Crippen LogP contribution in [0, 0.1) is 34.0 Å². The van der Waals surface area contributed by atoms with Crippen molar-refractivity contribution in [2.75, 3.05) is 0 Å². The summed E-state index contributed by atoms with van der Waals surface area (Å²) in [4.78, 5) is 39.2. The first-order chi connectivity index (χ1) is 16.1. The quantitative estimate of drug-likeness (QED) is 0.469. The van der Waals surface area contributed by atoms with Crippen LogP contribution in [0.4, 0.5) is 9.59 Å². The Balaban J connectivity index is 1.59. The van der Waals surface area contributed by atoms with Gasteiger partial charge in [-0.05, 0) is 75.5 Å². The minimum atomic E-state index is -0.786. The Labute approximate surface area is 204 Å². The van der Waals surface area contributed by atoms with E-state index in [4.69, 9.17) is 9.47 Å². The Morgan fingerprint density at radius 3 is 2.32 bits per heavy atom. The molecule has 4 aliphatic rings. The summed E-state index contributed by atoms with van der Waals surface area (Å²) in [6.45, 7) is 12.6. The lowest BCUT2D eigenvalue weighted by Crippen LogP contribution is -2.61. The van der Waals surface area contributed by atoms with E-state index >= 15 is 0 Å². The maximum absolute atomic E-state index is 13.8. The van der Waals surface area contributed by atoms with Crippen LogP contribution in [-0.4, -0.2) is 30.2 Å². The van der Waals surface area contributed by atoms with E-state index in [0.29, 0.717) is 18.3 Å². The van der Waals surface area contributed by atoms with Gasteiger partial charge in [-0.3, -0.25) is 4.79 Å². The Bertz CT molecular complexity index is 835. The van der Waals surface area contributed by atoms with E-state index in [1.54, 1.807) is 6.08 Å². The van der Waals surface area contributed by atoms with Crippen LogP contribution < -0.4 is 5.32 Å². The molecule has 4 aliphatic carbocycles. The first-order valence-electron chi connectivity index (χ1n) is 13.4. The topological polar surface area (TPSA) is 81.7 Å². The molecule has 4 fully saturated rings. The lowest BCUT2D eigenvalue weighted by molar-refractivity contribution is -0.172. The SMILES string of the molecule is C=C[C@]1(C)C[C@@H](OC(=O)NC(=O)OC2CCCCC2)[C@]2(C)C(C)CC[C@]3(CCCC32)[C@@H](C)C1=O. The number of hydrogen-bond acceptors (Lipinski definition) is 5. The zero-order chi connectivity index (χ0) is 24.7. The predicted molar refractivity (Wildman–Crippen MR) is 130 cm³/mol. The van der Waals surface area contributed by atoms with Crippen molar-refractivity contribution in [3.05, 3.63) is 12.7 Å². The maximum Gasteiger partial charge on any atom is 0.416 e. The molecule has 0 heterocycles. The molecule has 0 aromatic carbocycles. The number of ketones is 1. The van der Waals surface area contributed by atoms with Crippen LogP contribution in [0.5, 0.6) is 0 Å². The number of hydrogen-bond donors (Lipinski definition) is 1. The van der Waals surface area contributed by atoms with E-state index in [9.17, 15) is 14.4 Å². The number of rotatable bonds is 3. The minimum Gasteiger partial charge on any atom is -0.446 e. The van der Waals surface area contributed by atoms with Gasteiger partial charge in [0, 0.05) is 23.2 Å². The third kappa shape index (κ3) is 4.09. The molecule has 0 aromatic rings. The molecular formula is C28H43NO5. The van der Waals surface area contributed by atoms with Crippen molar-refractivity contribution in [3.63, 3.8) is 0 Å². The zero-order valence-corrected chi connectivity index (χ0v) is 21.5. The number of imide groups is 1. The summed E-state index contributed by atoms with van der Waals surface area (Å²) in [7, 11) is 0. The van der Waals surface area contributed by atoms with Crippen LogP contribution in [0.2, 0.25) is 0 Å². The van der Waals surface area contributed by atoms with Crippen molar-refractivity contribution < 1.29 is 23.9 Å². The molecule has 2 unspecified atom stereocenters. The van der Waals surface area contributed by atoms with Gasteiger partial charge in [0.2, 0.25) is 0 Å². The maximum atomic E-state index is 13.8. The Hall–Kier alpha value is -1.85. The standard InChI is InChI=1S/C28H43NO5/c1-6-26(4)17-22(34-25(32)29-24(31)33-20-11-8-7-9-12-20)27(5)18(2)14-16-28(19(3)23(26)30)15-10-13-21(27)28/h6,18-22H,1,7-17H2,2-5H3,(H,29,31,32)/t18?,19-,21?,22+,26+,27+,28+/m0/s1. The molecule has 1 N–H and O–H groups in total. The number of amides is 2. The molecule has 0 aliphatic heterocycles. The average Bonchev–Trinajstić information content (AvgIpc) is 3.26. The van der Waals surface area contributed by atoms with Gasteiger partial charge in [-0.2, -0.15) is 0 Å². The average molecular weight is 474 g/mol. The van der Waals surface area contributed by atoms with Gasteiger partial charge < -0.3 is 9.47 Å². The van der Waals surface area contributed by atoms with Crippen molar-refractivity contribution in [1.29, 1.82) is 0 Å². The van der Waals surface area contributed by atoms with Crippen LogP contribution in [-0.2, 0) is 14.3 Å². The number of carbonyl (C=O) groups is 3. The fourth-order valence-electron chi connectivity index (χ4n) is 8.16. The molecule has 6 heteroatoms. The molecule has 0 aromatic heterocycles. The van der Waals surface area contributed by atoms with Crippen LogP contribution in [0.15, 0.2) is 12.7 Å². The summed E-state index contributed by atoms with van der Waals surface area (Å²) in [5.74, 6) is 0.807. The van der Waals surface area contributed by atoms with Gasteiger partial charge in [0.15, 0.2) is 0 Å². The van der Waals surface area contributed by atoms with Gasteiger partial charge in [-0.25, -0.2) is 14.9 Å². The van der Waals surface area contributed by atoms with Crippen molar-refractivity contribution in [2.45, 2.75) is 111 Å².